The third-order valence-corrected chi connectivity index (χ3v) is 4.11. The molecule has 0 bridgehead atoms. The normalized spacial score (nSPS) is 10.9. The first-order valence-electron chi connectivity index (χ1n) is 8.44. The van der Waals surface area contributed by atoms with E-state index in [1.54, 1.807) is 29.2 Å². The molecule has 0 saturated heterocycles. The first-order valence-corrected chi connectivity index (χ1v) is 8.44. The van der Waals surface area contributed by atoms with E-state index in [9.17, 15) is 4.39 Å². The average molecular weight is 363 g/mol. The number of anilines is 1. The van der Waals surface area contributed by atoms with Gasteiger partial charge in [-0.1, -0.05) is 0 Å². The lowest BCUT2D eigenvalue weighted by atomic mass is 10.2. The lowest BCUT2D eigenvalue weighted by molar-refractivity contribution is 0.627. The Labute approximate surface area is 155 Å². The second-order valence-electron chi connectivity index (χ2n) is 6.29. The third kappa shape index (κ3) is 3.69. The summed E-state index contributed by atoms with van der Waals surface area (Å²) in [7, 11) is 1.92. The Kier molecular flexibility index (Phi) is 4.37. The highest BCUT2D eigenvalue weighted by Crippen LogP contribution is 2.20. The van der Waals surface area contributed by atoms with Crippen LogP contribution in [0.3, 0.4) is 0 Å². The summed E-state index contributed by atoms with van der Waals surface area (Å²) < 4.78 is 14.8. The molecule has 0 atom stereocenters. The molecule has 8 heteroatoms. The Bertz CT molecular complexity index is 1050. The van der Waals surface area contributed by atoms with E-state index in [0.717, 1.165) is 28.3 Å². The molecule has 1 N–H and O–H groups in total. The Morgan fingerprint density at radius 1 is 1.19 bits per heavy atom. The van der Waals surface area contributed by atoms with Crippen molar-refractivity contribution >= 4 is 5.95 Å². The van der Waals surface area contributed by atoms with Gasteiger partial charge in [0.1, 0.15) is 5.82 Å². The lowest BCUT2D eigenvalue weighted by Gasteiger charge is -2.15. The predicted octanol–water partition coefficient (Wildman–Crippen LogP) is 3.14. The van der Waals surface area contributed by atoms with Gasteiger partial charge in [0.2, 0.25) is 5.95 Å². The van der Waals surface area contributed by atoms with Crippen molar-refractivity contribution in [2.24, 2.45) is 0 Å². The zero-order valence-electron chi connectivity index (χ0n) is 15.0. The molecule has 1 aromatic carbocycles. The number of aryl methyl sites for hydroxylation is 1. The first-order chi connectivity index (χ1) is 13.1. The molecular weight excluding hydrogens is 345 g/mol. The number of hydrogen-bond acceptors (Lipinski definition) is 5. The molecule has 27 heavy (non-hydrogen) atoms. The Morgan fingerprint density at radius 2 is 2.00 bits per heavy atom. The highest BCUT2D eigenvalue weighted by Gasteiger charge is 2.11. The molecule has 0 unspecified atom stereocenters. The molecule has 0 aliphatic rings. The van der Waals surface area contributed by atoms with Crippen molar-refractivity contribution in [3.05, 3.63) is 72.2 Å². The number of aromatic nitrogens is 6. The minimum atomic E-state index is -0.276. The molecule has 0 aliphatic carbocycles. The van der Waals surface area contributed by atoms with E-state index >= 15 is 0 Å². The molecule has 4 aromatic rings. The van der Waals surface area contributed by atoms with E-state index in [2.05, 4.69) is 25.3 Å². The molecule has 3 heterocycles. The SMILES string of the molecule is Cc1cc(CN(C)c2nccc(-c3cnn(-c4ccc(F)cc4)c3)n2)n[nH]1. The van der Waals surface area contributed by atoms with Gasteiger partial charge in [-0.25, -0.2) is 19.0 Å². The monoisotopic (exact) mass is 363 g/mol. The van der Waals surface area contributed by atoms with Crippen molar-refractivity contribution in [1.29, 1.82) is 0 Å². The molecule has 0 saturated carbocycles. The van der Waals surface area contributed by atoms with Crippen LogP contribution < -0.4 is 4.90 Å². The minimum absolute atomic E-state index is 0.276. The topological polar surface area (TPSA) is 75.5 Å². The van der Waals surface area contributed by atoms with Crippen LogP contribution in [0.1, 0.15) is 11.4 Å². The summed E-state index contributed by atoms with van der Waals surface area (Å²) in [6.45, 7) is 2.56. The van der Waals surface area contributed by atoms with Gasteiger partial charge in [0.15, 0.2) is 0 Å². The molecular formula is C19H18FN7. The van der Waals surface area contributed by atoms with E-state index in [1.807, 2.05) is 37.2 Å². The number of benzene rings is 1. The summed E-state index contributed by atoms with van der Waals surface area (Å²) in [5, 5.41) is 11.5. The van der Waals surface area contributed by atoms with Crippen LogP contribution in [0.15, 0.2) is 55.0 Å². The number of halogens is 1. The number of nitrogens with one attached hydrogen (secondary N) is 1. The second-order valence-corrected chi connectivity index (χ2v) is 6.29. The average Bonchev–Trinajstić information content (AvgIpc) is 3.32. The quantitative estimate of drug-likeness (QED) is 0.590. The maximum absolute atomic E-state index is 13.1. The van der Waals surface area contributed by atoms with Crippen molar-refractivity contribution in [2.75, 3.05) is 11.9 Å². The van der Waals surface area contributed by atoms with Crippen LogP contribution in [0.25, 0.3) is 16.9 Å². The van der Waals surface area contributed by atoms with Crippen LogP contribution >= 0.6 is 0 Å². The van der Waals surface area contributed by atoms with Gasteiger partial charge in [-0.2, -0.15) is 10.2 Å². The van der Waals surface area contributed by atoms with E-state index in [1.165, 1.54) is 12.1 Å². The Balaban J connectivity index is 1.56. The minimum Gasteiger partial charge on any atom is -0.338 e. The highest BCUT2D eigenvalue weighted by molar-refractivity contribution is 5.59. The summed E-state index contributed by atoms with van der Waals surface area (Å²) in [6, 6.07) is 10.00. The largest absolute Gasteiger partial charge is 0.338 e. The summed E-state index contributed by atoms with van der Waals surface area (Å²) >= 11 is 0. The maximum Gasteiger partial charge on any atom is 0.225 e. The van der Waals surface area contributed by atoms with E-state index in [-0.39, 0.29) is 5.82 Å². The molecule has 0 fully saturated rings. The Morgan fingerprint density at radius 3 is 2.74 bits per heavy atom. The molecule has 0 spiro atoms. The summed E-state index contributed by atoms with van der Waals surface area (Å²) in [4.78, 5) is 10.9. The van der Waals surface area contributed by atoms with Gasteiger partial charge in [-0.15, -0.1) is 0 Å². The molecule has 0 radical (unpaired) electrons. The van der Waals surface area contributed by atoms with Crippen LogP contribution in [-0.4, -0.2) is 37.0 Å². The summed E-state index contributed by atoms with van der Waals surface area (Å²) in [5.74, 6) is 0.324. The smallest absolute Gasteiger partial charge is 0.225 e. The number of aromatic amines is 1. The van der Waals surface area contributed by atoms with Gasteiger partial charge in [0, 0.05) is 30.7 Å². The molecule has 4 rings (SSSR count). The fourth-order valence-electron chi connectivity index (χ4n) is 2.75. The van der Waals surface area contributed by atoms with Crippen molar-refractivity contribution < 1.29 is 4.39 Å². The van der Waals surface area contributed by atoms with Gasteiger partial charge in [0.05, 0.1) is 29.8 Å². The van der Waals surface area contributed by atoms with Gasteiger partial charge in [-0.05, 0) is 43.3 Å². The highest BCUT2D eigenvalue weighted by atomic mass is 19.1. The second kappa shape index (κ2) is 6.99. The zero-order valence-corrected chi connectivity index (χ0v) is 15.0. The third-order valence-electron chi connectivity index (χ3n) is 4.11. The van der Waals surface area contributed by atoms with Gasteiger partial charge in [0.25, 0.3) is 0 Å². The number of nitrogens with zero attached hydrogens (tertiary/aromatic N) is 6. The van der Waals surface area contributed by atoms with Crippen molar-refractivity contribution in [3.63, 3.8) is 0 Å². The van der Waals surface area contributed by atoms with Gasteiger partial charge >= 0.3 is 0 Å². The van der Waals surface area contributed by atoms with Crippen molar-refractivity contribution in [1.82, 2.24) is 29.9 Å². The fraction of sp³-hybridized carbons (Fsp3) is 0.158. The summed E-state index contributed by atoms with van der Waals surface area (Å²) in [6.07, 6.45) is 5.31. The van der Waals surface area contributed by atoms with E-state index in [0.29, 0.717) is 12.5 Å². The van der Waals surface area contributed by atoms with Gasteiger partial charge < -0.3 is 4.90 Å². The van der Waals surface area contributed by atoms with Crippen molar-refractivity contribution in [3.8, 4) is 16.9 Å². The molecule has 136 valence electrons. The Hall–Kier alpha value is -3.55. The van der Waals surface area contributed by atoms with Crippen molar-refractivity contribution in [2.45, 2.75) is 13.5 Å². The number of rotatable bonds is 5. The fourth-order valence-corrected chi connectivity index (χ4v) is 2.75. The predicted molar refractivity (Wildman–Crippen MR) is 100.0 cm³/mol. The number of H-pyrrole nitrogens is 1. The molecule has 0 aliphatic heterocycles. The molecule has 3 aromatic heterocycles. The van der Waals surface area contributed by atoms with Crippen LogP contribution in [-0.2, 0) is 6.54 Å². The van der Waals surface area contributed by atoms with Crippen LogP contribution in [0.5, 0.6) is 0 Å². The molecule has 7 nitrogen and oxygen atoms in total. The van der Waals surface area contributed by atoms with Crippen LogP contribution in [0.2, 0.25) is 0 Å². The summed E-state index contributed by atoms with van der Waals surface area (Å²) in [5.41, 5.74) is 4.34. The van der Waals surface area contributed by atoms with Crippen LogP contribution in [0, 0.1) is 12.7 Å². The lowest BCUT2D eigenvalue weighted by Crippen LogP contribution is -2.19. The van der Waals surface area contributed by atoms with E-state index < -0.39 is 0 Å². The maximum atomic E-state index is 13.1. The first kappa shape index (κ1) is 16.9. The molecule has 0 amide bonds. The van der Waals surface area contributed by atoms with Gasteiger partial charge in [-0.3, -0.25) is 5.10 Å². The number of hydrogen-bond donors (Lipinski definition) is 1. The van der Waals surface area contributed by atoms with E-state index in [4.69, 9.17) is 0 Å². The van der Waals surface area contributed by atoms with Crippen LogP contribution in [0.4, 0.5) is 10.3 Å². The standard InChI is InChI=1S/C19H18FN7/c1-13-9-16(25-24-13)12-26(2)19-21-8-7-18(23-19)14-10-22-27(11-14)17-5-3-15(20)4-6-17/h3-11H,12H2,1-2H3,(H,24,25). The zero-order chi connectivity index (χ0) is 18.8.